The summed E-state index contributed by atoms with van der Waals surface area (Å²) in [6, 6.07) is -0.327. The van der Waals surface area contributed by atoms with Crippen molar-refractivity contribution in [3.05, 3.63) is 0 Å². The summed E-state index contributed by atoms with van der Waals surface area (Å²) < 4.78 is 5.29. The lowest BCUT2D eigenvalue weighted by atomic mass is 10.0. The van der Waals surface area contributed by atoms with E-state index in [0.717, 1.165) is 13.0 Å². The predicted octanol–water partition coefficient (Wildman–Crippen LogP) is 0.528. The van der Waals surface area contributed by atoms with Gasteiger partial charge in [0, 0.05) is 13.2 Å². The van der Waals surface area contributed by atoms with Crippen LogP contribution in [0.1, 0.15) is 20.3 Å². The van der Waals surface area contributed by atoms with Gasteiger partial charge in [-0.05, 0) is 20.3 Å². The quantitative estimate of drug-likeness (QED) is 0.673. The van der Waals surface area contributed by atoms with Gasteiger partial charge in [0.15, 0.2) is 0 Å². The van der Waals surface area contributed by atoms with Gasteiger partial charge >= 0.3 is 5.97 Å². The second kappa shape index (κ2) is 3.87. The lowest BCUT2D eigenvalue weighted by Crippen LogP contribution is -2.56. The molecule has 1 unspecified atom stereocenters. The largest absolute Gasteiger partial charge is 0.480 e. The van der Waals surface area contributed by atoms with Gasteiger partial charge in [0.1, 0.15) is 12.3 Å². The van der Waals surface area contributed by atoms with Crippen LogP contribution in [0.5, 0.6) is 0 Å². The van der Waals surface area contributed by atoms with Gasteiger partial charge in [-0.2, -0.15) is 0 Å². The lowest BCUT2D eigenvalue weighted by Gasteiger charge is -2.41. The van der Waals surface area contributed by atoms with Crippen molar-refractivity contribution in [2.45, 2.75) is 32.5 Å². The van der Waals surface area contributed by atoms with E-state index >= 15 is 0 Å². The fourth-order valence-electron chi connectivity index (χ4n) is 1.44. The summed E-state index contributed by atoms with van der Waals surface area (Å²) in [6.07, 6.45) is 0.678. The standard InChI is InChI=1S/C8H15NO3/c1-3-12-6(2)9-5-4-7(9)8(10)11/h6-7H,3-5H2,1-2H3,(H,10,11)/t6?,7-/m0/s1. The maximum Gasteiger partial charge on any atom is 0.321 e. The lowest BCUT2D eigenvalue weighted by molar-refractivity contribution is -0.161. The van der Waals surface area contributed by atoms with Crippen LogP contribution >= 0.6 is 0 Å². The molecule has 0 radical (unpaired) electrons. The Hall–Kier alpha value is -0.610. The van der Waals surface area contributed by atoms with E-state index in [4.69, 9.17) is 9.84 Å². The van der Waals surface area contributed by atoms with Crippen LogP contribution in [0.4, 0.5) is 0 Å². The molecule has 1 saturated heterocycles. The third-order valence-electron chi connectivity index (χ3n) is 2.22. The molecule has 2 atom stereocenters. The number of likely N-dealkylation sites (tertiary alicyclic amines) is 1. The summed E-state index contributed by atoms with van der Waals surface area (Å²) in [7, 11) is 0. The molecule has 0 aromatic carbocycles. The van der Waals surface area contributed by atoms with Crippen molar-refractivity contribution in [1.29, 1.82) is 0 Å². The van der Waals surface area contributed by atoms with Crippen LogP contribution < -0.4 is 0 Å². The van der Waals surface area contributed by atoms with Crippen LogP contribution in [0.3, 0.4) is 0 Å². The van der Waals surface area contributed by atoms with E-state index in [0.29, 0.717) is 6.61 Å². The zero-order chi connectivity index (χ0) is 9.14. The highest BCUT2D eigenvalue weighted by Crippen LogP contribution is 2.20. The molecule has 0 spiro atoms. The highest BCUT2D eigenvalue weighted by molar-refractivity contribution is 5.74. The zero-order valence-corrected chi connectivity index (χ0v) is 7.49. The maximum atomic E-state index is 10.6. The average Bonchev–Trinajstić information content (AvgIpc) is 1.82. The van der Waals surface area contributed by atoms with Crippen LogP contribution in [0, 0.1) is 0 Å². The minimum absolute atomic E-state index is 0.0650. The molecule has 4 nitrogen and oxygen atoms in total. The van der Waals surface area contributed by atoms with Crippen molar-refractivity contribution in [3.63, 3.8) is 0 Å². The van der Waals surface area contributed by atoms with Gasteiger partial charge < -0.3 is 9.84 Å². The fourth-order valence-corrected chi connectivity index (χ4v) is 1.44. The minimum atomic E-state index is -0.743. The average molecular weight is 173 g/mol. The molecule has 1 rings (SSSR count). The first-order chi connectivity index (χ1) is 5.66. The van der Waals surface area contributed by atoms with E-state index in [9.17, 15) is 4.79 Å². The molecule has 1 heterocycles. The van der Waals surface area contributed by atoms with Crippen LogP contribution in [0.2, 0.25) is 0 Å². The molecule has 70 valence electrons. The minimum Gasteiger partial charge on any atom is -0.480 e. The van der Waals surface area contributed by atoms with Crippen LogP contribution in [0.15, 0.2) is 0 Å². The van der Waals surface area contributed by atoms with Crippen molar-refractivity contribution < 1.29 is 14.6 Å². The van der Waals surface area contributed by atoms with Gasteiger partial charge in [-0.25, -0.2) is 0 Å². The van der Waals surface area contributed by atoms with Crippen molar-refractivity contribution in [2.24, 2.45) is 0 Å². The van der Waals surface area contributed by atoms with Crippen molar-refractivity contribution in [1.82, 2.24) is 4.90 Å². The molecular weight excluding hydrogens is 158 g/mol. The molecule has 0 aromatic heterocycles. The number of hydrogen-bond acceptors (Lipinski definition) is 3. The normalized spacial score (nSPS) is 26.3. The Bertz CT molecular complexity index is 172. The maximum absolute atomic E-state index is 10.6. The summed E-state index contributed by atoms with van der Waals surface area (Å²) in [5.41, 5.74) is 0. The van der Waals surface area contributed by atoms with E-state index in [2.05, 4.69) is 0 Å². The molecule has 0 aliphatic carbocycles. The van der Waals surface area contributed by atoms with E-state index in [1.807, 2.05) is 18.7 Å². The molecule has 4 heteroatoms. The van der Waals surface area contributed by atoms with Gasteiger partial charge in [-0.1, -0.05) is 0 Å². The Morgan fingerprint density at radius 1 is 1.83 bits per heavy atom. The predicted molar refractivity (Wildman–Crippen MR) is 43.8 cm³/mol. The highest BCUT2D eigenvalue weighted by Gasteiger charge is 2.37. The van der Waals surface area contributed by atoms with E-state index < -0.39 is 5.97 Å². The first-order valence-electron chi connectivity index (χ1n) is 4.27. The number of carboxylic acid groups (broad SMARTS) is 1. The number of ether oxygens (including phenoxy) is 1. The monoisotopic (exact) mass is 173 g/mol. The van der Waals surface area contributed by atoms with Crippen LogP contribution in [-0.4, -0.2) is 41.4 Å². The van der Waals surface area contributed by atoms with Crippen molar-refractivity contribution >= 4 is 5.97 Å². The van der Waals surface area contributed by atoms with E-state index in [1.165, 1.54) is 0 Å². The molecule has 1 N–H and O–H groups in total. The smallest absolute Gasteiger partial charge is 0.321 e. The van der Waals surface area contributed by atoms with Gasteiger partial charge in [0.25, 0.3) is 0 Å². The second-order valence-corrected chi connectivity index (χ2v) is 2.94. The third kappa shape index (κ3) is 1.76. The second-order valence-electron chi connectivity index (χ2n) is 2.94. The summed E-state index contributed by atoms with van der Waals surface area (Å²) in [6.45, 7) is 5.26. The first kappa shape index (κ1) is 9.48. The molecular formula is C8H15NO3. The van der Waals surface area contributed by atoms with Crippen LogP contribution in [0.25, 0.3) is 0 Å². The van der Waals surface area contributed by atoms with Crippen LogP contribution in [-0.2, 0) is 9.53 Å². The number of carbonyl (C=O) groups is 1. The molecule has 1 aliphatic rings. The Morgan fingerprint density at radius 2 is 2.50 bits per heavy atom. The van der Waals surface area contributed by atoms with Crippen molar-refractivity contribution in [2.75, 3.05) is 13.2 Å². The number of rotatable bonds is 4. The van der Waals surface area contributed by atoms with Crippen molar-refractivity contribution in [3.8, 4) is 0 Å². The molecule has 0 saturated carbocycles. The molecule has 12 heavy (non-hydrogen) atoms. The van der Waals surface area contributed by atoms with Gasteiger partial charge in [-0.3, -0.25) is 9.69 Å². The van der Waals surface area contributed by atoms with E-state index in [-0.39, 0.29) is 12.3 Å². The van der Waals surface area contributed by atoms with Gasteiger partial charge in [0.05, 0.1) is 0 Å². The number of carboxylic acids is 1. The zero-order valence-electron chi connectivity index (χ0n) is 7.49. The summed E-state index contributed by atoms with van der Waals surface area (Å²) in [5, 5.41) is 8.72. The highest BCUT2D eigenvalue weighted by atomic mass is 16.5. The van der Waals surface area contributed by atoms with Gasteiger partial charge in [0.2, 0.25) is 0 Å². The Morgan fingerprint density at radius 3 is 2.83 bits per heavy atom. The topological polar surface area (TPSA) is 49.8 Å². The fraction of sp³-hybridized carbons (Fsp3) is 0.875. The Kier molecular flexibility index (Phi) is 3.05. The summed E-state index contributed by atoms with van der Waals surface area (Å²) in [5.74, 6) is -0.743. The first-order valence-corrected chi connectivity index (χ1v) is 4.27. The SMILES string of the molecule is CCOC(C)N1CC[C@H]1C(=O)O. The summed E-state index contributed by atoms with van der Waals surface area (Å²) >= 11 is 0. The Balaban J connectivity index is 2.37. The molecule has 0 bridgehead atoms. The third-order valence-corrected chi connectivity index (χ3v) is 2.22. The van der Waals surface area contributed by atoms with E-state index in [1.54, 1.807) is 0 Å². The van der Waals surface area contributed by atoms with Gasteiger partial charge in [-0.15, -0.1) is 0 Å². The Labute approximate surface area is 72.1 Å². The number of nitrogens with zero attached hydrogens (tertiary/aromatic N) is 1. The number of hydrogen-bond donors (Lipinski definition) is 1. The summed E-state index contributed by atoms with van der Waals surface area (Å²) in [4.78, 5) is 12.5. The molecule has 0 aromatic rings. The molecule has 0 amide bonds. The molecule has 1 fully saturated rings. The molecule has 1 aliphatic heterocycles. The number of aliphatic carboxylic acids is 1.